The van der Waals surface area contributed by atoms with Crippen molar-refractivity contribution in [1.29, 1.82) is 0 Å². The van der Waals surface area contributed by atoms with E-state index in [-0.39, 0.29) is 5.25 Å². The highest BCUT2D eigenvalue weighted by molar-refractivity contribution is 7.87. The molecule has 0 bridgehead atoms. The van der Waals surface area contributed by atoms with E-state index in [9.17, 15) is 8.42 Å². The van der Waals surface area contributed by atoms with Gasteiger partial charge in [0.05, 0.1) is 11.9 Å². The third-order valence-corrected chi connectivity index (χ3v) is 3.36. The minimum absolute atomic E-state index is 0.302. The van der Waals surface area contributed by atoms with Crippen molar-refractivity contribution in [2.75, 3.05) is 6.61 Å². The van der Waals surface area contributed by atoms with E-state index < -0.39 is 10.1 Å². The predicted molar refractivity (Wildman–Crippen MR) is 49.5 cm³/mol. The third-order valence-electron chi connectivity index (χ3n) is 1.64. The molecule has 0 aliphatic heterocycles. The van der Waals surface area contributed by atoms with Gasteiger partial charge in [0, 0.05) is 0 Å². The SMILES string of the molecule is CCCOS(=O)(=O)C(C)CCC. The van der Waals surface area contributed by atoms with Crippen LogP contribution in [0.1, 0.15) is 40.0 Å². The van der Waals surface area contributed by atoms with Crippen molar-refractivity contribution in [2.45, 2.75) is 45.3 Å². The van der Waals surface area contributed by atoms with E-state index in [0.717, 1.165) is 12.8 Å². The molecule has 0 amide bonds. The number of hydrogen-bond donors (Lipinski definition) is 0. The van der Waals surface area contributed by atoms with Gasteiger partial charge in [-0.15, -0.1) is 0 Å². The van der Waals surface area contributed by atoms with Crippen molar-refractivity contribution in [3.8, 4) is 0 Å². The van der Waals surface area contributed by atoms with E-state index in [1.165, 1.54) is 0 Å². The van der Waals surface area contributed by atoms with Crippen LogP contribution in [0.3, 0.4) is 0 Å². The van der Waals surface area contributed by atoms with Gasteiger partial charge in [-0.3, -0.25) is 4.18 Å². The van der Waals surface area contributed by atoms with Gasteiger partial charge in [-0.2, -0.15) is 8.42 Å². The molecule has 1 atom stereocenters. The quantitative estimate of drug-likeness (QED) is 0.607. The summed E-state index contributed by atoms with van der Waals surface area (Å²) in [5.41, 5.74) is 0. The monoisotopic (exact) mass is 194 g/mol. The number of rotatable bonds is 6. The van der Waals surface area contributed by atoms with Crippen LogP contribution in [0.5, 0.6) is 0 Å². The van der Waals surface area contributed by atoms with Gasteiger partial charge in [0.25, 0.3) is 10.1 Å². The molecular formula is C8H18O3S. The first-order valence-electron chi connectivity index (χ1n) is 4.42. The summed E-state index contributed by atoms with van der Waals surface area (Å²) in [6.07, 6.45) is 2.28. The Morgan fingerprint density at radius 1 is 1.25 bits per heavy atom. The van der Waals surface area contributed by atoms with Crippen LogP contribution in [-0.2, 0) is 14.3 Å². The maximum atomic E-state index is 11.3. The van der Waals surface area contributed by atoms with Crippen LogP contribution in [0.25, 0.3) is 0 Å². The highest BCUT2D eigenvalue weighted by Crippen LogP contribution is 2.09. The fourth-order valence-electron chi connectivity index (χ4n) is 0.867. The molecule has 0 saturated carbocycles. The van der Waals surface area contributed by atoms with Gasteiger partial charge in [-0.05, 0) is 19.8 Å². The molecule has 3 nitrogen and oxygen atoms in total. The van der Waals surface area contributed by atoms with E-state index >= 15 is 0 Å². The summed E-state index contributed by atoms with van der Waals surface area (Å²) >= 11 is 0. The van der Waals surface area contributed by atoms with Gasteiger partial charge in [-0.1, -0.05) is 20.3 Å². The van der Waals surface area contributed by atoms with Gasteiger partial charge < -0.3 is 0 Å². The minimum atomic E-state index is -3.28. The lowest BCUT2D eigenvalue weighted by Gasteiger charge is -2.10. The molecule has 12 heavy (non-hydrogen) atoms. The molecule has 0 N–H and O–H groups in total. The first-order chi connectivity index (χ1) is 5.54. The Balaban J connectivity index is 4.01. The standard InChI is InChI=1S/C8H18O3S/c1-4-6-8(3)12(9,10)11-7-5-2/h8H,4-7H2,1-3H3. The molecule has 0 rings (SSSR count). The molecule has 0 aliphatic carbocycles. The average Bonchev–Trinajstić information content (AvgIpc) is 2.01. The topological polar surface area (TPSA) is 43.4 Å². The van der Waals surface area contributed by atoms with Gasteiger partial charge >= 0.3 is 0 Å². The fourth-order valence-corrected chi connectivity index (χ4v) is 2.02. The lowest BCUT2D eigenvalue weighted by molar-refractivity contribution is 0.311. The zero-order valence-corrected chi connectivity index (χ0v) is 8.86. The van der Waals surface area contributed by atoms with Crippen molar-refractivity contribution < 1.29 is 12.6 Å². The second-order valence-electron chi connectivity index (χ2n) is 2.91. The van der Waals surface area contributed by atoms with Crippen LogP contribution in [0.2, 0.25) is 0 Å². The molecule has 0 heterocycles. The Bertz CT molecular complexity index is 196. The third kappa shape index (κ3) is 4.07. The van der Waals surface area contributed by atoms with Crippen molar-refractivity contribution in [3.63, 3.8) is 0 Å². The predicted octanol–water partition coefficient (Wildman–Crippen LogP) is 1.93. The van der Waals surface area contributed by atoms with Crippen molar-refractivity contribution in [1.82, 2.24) is 0 Å². The first-order valence-corrected chi connectivity index (χ1v) is 5.90. The Labute approximate surface area is 75.2 Å². The minimum Gasteiger partial charge on any atom is -0.270 e. The maximum absolute atomic E-state index is 11.3. The summed E-state index contributed by atoms with van der Waals surface area (Å²) in [7, 11) is -3.28. The molecule has 0 aliphatic rings. The van der Waals surface area contributed by atoms with Crippen molar-refractivity contribution >= 4 is 10.1 Å². The van der Waals surface area contributed by atoms with Crippen LogP contribution in [0, 0.1) is 0 Å². The lowest BCUT2D eigenvalue weighted by atomic mass is 10.3. The Morgan fingerprint density at radius 3 is 2.25 bits per heavy atom. The molecule has 4 heteroatoms. The van der Waals surface area contributed by atoms with Gasteiger partial charge in [0.2, 0.25) is 0 Å². The molecule has 0 radical (unpaired) electrons. The van der Waals surface area contributed by atoms with E-state index in [1.807, 2.05) is 13.8 Å². The molecule has 0 aromatic rings. The lowest BCUT2D eigenvalue weighted by Crippen LogP contribution is -2.20. The normalized spacial score (nSPS) is 14.6. The summed E-state index contributed by atoms with van der Waals surface area (Å²) in [4.78, 5) is 0. The summed E-state index contributed by atoms with van der Waals surface area (Å²) in [5, 5.41) is -0.367. The summed E-state index contributed by atoms with van der Waals surface area (Å²) in [5.74, 6) is 0. The first kappa shape index (κ1) is 11.9. The van der Waals surface area contributed by atoms with E-state index in [0.29, 0.717) is 13.0 Å². The summed E-state index contributed by atoms with van der Waals surface area (Å²) < 4.78 is 27.3. The highest BCUT2D eigenvalue weighted by Gasteiger charge is 2.19. The average molecular weight is 194 g/mol. The zero-order valence-electron chi connectivity index (χ0n) is 8.04. The summed E-state index contributed by atoms with van der Waals surface area (Å²) in [6.45, 7) is 5.84. The summed E-state index contributed by atoms with van der Waals surface area (Å²) in [6, 6.07) is 0. The van der Waals surface area contributed by atoms with Gasteiger partial charge in [0.1, 0.15) is 0 Å². The maximum Gasteiger partial charge on any atom is 0.269 e. The Morgan fingerprint density at radius 2 is 1.83 bits per heavy atom. The molecule has 0 aromatic heterocycles. The fraction of sp³-hybridized carbons (Fsp3) is 1.00. The molecule has 0 saturated heterocycles. The van der Waals surface area contributed by atoms with Crippen LogP contribution >= 0.6 is 0 Å². The van der Waals surface area contributed by atoms with Gasteiger partial charge in [-0.25, -0.2) is 0 Å². The van der Waals surface area contributed by atoms with Crippen LogP contribution in [-0.4, -0.2) is 20.3 Å². The smallest absolute Gasteiger partial charge is 0.269 e. The molecule has 0 spiro atoms. The molecule has 0 fully saturated rings. The van der Waals surface area contributed by atoms with E-state index in [2.05, 4.69) is 0 Å². The largest absolute Gasteiger partial charge is 0.270 e. The highest BCUT2D eigenvalue weighted by atomic mass is 32.2. The van der Waals surface area contributed by atoms with Crippen molar-refractivity contribution in [3.05, 3.63) is 0 Å². The Hall–Kier alpha value is -0.0900. The molecule has 74 valence electrons. The van der Waals surface area contributed by atoms with E-state index in [1.54, 1.807) is 6.92 Å². The van der Waals surface area contributed by atoms with Crippen molar-refractivity contribution in [2.24, 2.45) is 0 Å². The molecular weight excluding hydrogens is 176 g/mol. The second kappa shape index (κ2) is 5.54. The number of hydrogen-bond acceptors (Lipinski definition) is 3. The van der Waals surface area contributed by atoms with Crippen LogP contribution in [0.4, 0.5) is 0 Å². The Kier molecular flexibility index (Phi) is 5.50. The molecule has 1 unspecified atom stereocenters. The van der Waals surface area contributed by atoms with E-state index in [4.69, 9.17) is 4.18 Å². The zero-order chi connectivity index (χ0) is 9.61. The second-order valence-corrected chi connectivity index (χ2v) is 4.94. The molecule has 0 aromatic carbocycles. The van der Waals surface area contributed by atoms with Gasteiger partial charge in [0.15, 0.2) is 0 Å². The van der Waals surface area contributed by atoms with Crippen LogP contribution < -0.4 is 0 Å². The van der Waals surface area contributed by atoms with Crippen LogP contribution in [0.15, 0.2) is 0 Å².